The van der Waals surface area contributed by atoms with E-state index in [1.807, 2.05) is 0 Å². The van der Waals surface area contributed by atoms with Crippen LogP contribution in [0.4, 0.5) is 0 Å². The van der Waals surface area contributed by atoms with Crippen LogP contribution in [0.3, 0.4) is 0 Å². The van der Waals surface area contributed by atoms with Gasteiger partial charge in [0.05, 0.1) is 0 Å². The van der Waals surface area contributed by atoms with E-state index in [1.54, 1.807) is 0 Å². The van der Waals surface area contributed by atoms with Gasteiger partial charge in [-0.3, -0.25) is 4.90 Å². The van der Waals surface area contributed by atoms with Crippen molar-refractivity contribution in [2.24, 2.45) is 0 Å². The fourth-order valence-electron chi connectivity index (χ4n) is 2.01. The first kappa shape index (κ1) is 7.56. The number of rotatable bonds is 2. The molecule has 1 saturated carbocycles. The van der Waals surface area contributed by atoms with Gasteiger partial charge in [0.15, 0.2) is 0 Å². The van der Waals surface area contributed by atoms with Crippen molar-refractivity contribution in [3.8, 4) is 0 Å². The van der Waals surface area contributed by atoms with Crippen molar-refractivity contribution >= 4 is 0 Å². The smallest absolute Gasteiger partial charge is 0.0192 e. The molecular formula is C9H18N2. The fraction of sp³-hybridized carbons (Fsp3) is 1.00. The van der Waals surface area contributed by atoms with Crippen LogP contribution in [0.25, 0.3) is 0 Å². The molecule has 64 valence electrons. The Balaban J connectivity index is 1.82. The first-order chi connectivity index (χ1) is 5.40. The summed E-state index contributed by atoms with van der Waals surface area (Å²) in [4.78, 5) is 2.66. The van der Waals surface area contributed by atoms with Crippen LogP contribution in [-0.4, -0.2) is 37.1 Å². The fourth-order valence-corrected chi connectivity index (χ4v) is 2.01. The van der Waals surface area contributed by atoms with E-state index in [0.29, 0.717) is 0 Å². The molecule has 1 N–H and O–H groups in total. The molecule has 0 bridgehead atoms. The lowest BCUT2D eigenvalue weighted by Gasteiger charge is -2.32. The first-order valence-electron chi connectivity index (χ1n) is 4.81. The van der Waals surface area contributed by atoms with Crippen LogP contribution in [0.2, 0.25) is 0 Å². The minimum absolute atomic E-state index is 0.768. The maximum atomic E-state index is 3.37. The molecule has 1 heterocycles. The normalized spacial score (nSPS) is 34.1. The summed E-state index contributed by atoms with van der Waals surface area (Å²) in [6.45, 7) is 2.64. The van der Waals surface area contributed by atoms with Crippen molar-refractivity contribution in [1.82, 2.24) is 10.2 Å². The van der Waals surface area contributed by atoms with Gasteiger partial charge in [0.25, 0.3) is 0 Å². The highest BCUT2D eigenvalue weighted by Gasteiger charge is 2.31. The van der Waals surface area contributed by atoms with Crippen molar-refractivity contribution in [2.45, 2.75) is 37.8 Å². The monoisotopic (exact) mass is 154 g/mol. The number of nitrogens with one attached hydrogen (secondary N) is 1. The minimum atomic E-state index is 0.768. The van der Waals surface area contributed by atoms with E-state index < -0.39 is 0 Å². The van der Waals surface area contributed by atoms with E-state index in [-0.39, 0.29) is 0 Å². The average Bonchev–Trinajstić information content (AvgIpc) is 2.87. The molecule has 0 spiro atoms. The Morgan fingerprint density at radius 2 is 2.09 bits per heavy atom. The molecule has 1 aliphatic carbocycles. The Morgan fingerprint density at radius 1 is 1.27 bits per heavy atom. The second-order valence-corrected chi connectivity index (χ2v) is 3.85. The molecule has 0 aromatic rings. The van der Waals surface area contributed by atoms with E-state index in [4.69, 9.17) is 0 Å². The van der Waals surface area contributed by atoms with E-state index in [2.05, 4.69) is 17.3 Å². The largest absolute Gasteiger partial charge is 0.316 e. The number of likely N-dealkylation sites (N-methyl/N-ethyl adjacent to an activating group) is 1. The maximum Gasteiger partial charge on any atom is 0.0192 e. The summed E-state index contributed by atoms with van der Waals surface area (Å²) < 4.78 is 0. The SMILES string of the molecule is CNC1CCCN(C2CC2)C1. The molecule has 2 nitrogen and oxygen atoms in total. The van der Waals surface area contributed by atoms with Crippen molar-refractivity contribution in [1.29, 1.82) is 0 Å². The number of hydrogen-bond acceptors (Lipinski definition) is 2. The Morgan fingerprint density at radius 3 is 2.73 bits per heavy atom. The second-order valence-electron chi connectivity index (χ2n) is 3.85. The minimum Gasteiger partial charge on any atom is -0.316 e. The number of nitrogens with zero attached hydrogens (tertiary/aromatic N) is 1. The van der Waals surface area contributed by atoms with Gasteiger partial charge in [-0.2, -0.15) is 0 Å². The molecule has 0 amide bonds. The predicted octanol–water partition coefficient (Wildman–Crippen LogP) is 0.833. The van der Waals surface area contributed by atoms with Crippen molar-refractivity contribution in [2.75, 3.05) is 20.1 Å². The molecule has 11 heavy (non-hydrogen) atoms. The Labute approximate surface area is 69.0 Å². The molecule has 2 aliphatic rings. The third-order valence-electron chi connectivity index (χ3n) is 2.92. The Kier molecular flexibility index (Phi) is 2.14. The highest BCUT2D eigenvalue weighted by molar-refractivity contribution is 4.89. The second kappa shape index (κ2) is 3.11. The Hall–Kier alpha value is -0.0800. The molecule has 1 saturated heterocycles. The topological polar surface area (TPSA) is 15.3 Å². The van der Waals surface area contributed by atoms with Gasteiger partial charge < -0.3 is 5.32 Å². The summed E-state index contributed by atoms with van der Waals surface area (Å²) in [7, 11) is 2.08. The number of piperidine rings is 1. The van der Waals surface area contributed by atoms with Gasteiger partial charge >= 0.3 is 0 Å². The highest BCUT2D eigenvalue weighted by Crippen LogP contribution is 2.29. The van der Waals surface area contributed by atoms with Crippen molar-refractivity contribution in [3.63, 3.8) is 0 Å². The van der Waals surface area contributed by atoms with Gasteiger partial charge in [0.1, 0.15) is 0 Å². The third kappa shape index (κ3) is 1.74. The molecule has 0 aromatic heterocycles. The highest BCUT2D eigenvalue weighted by atomic mass is 15.2. The van der Waals surface area contributed by atoms with Crippen LogP contribution >= 0.6 is 0 Å². The summed E-state index contributed by atoms with van der Waals surface area (Å²) in [5, 5.41) is 3.37. The van der Waals surface area contributed by atoms with Crippen molar-refractivity contribution < 1.29 is 0 Å². The van der Waals surface area contributed by atoms with Gasteiger partial charge in [-0.1, -0.05) is 0 Å². The molecular weight excluding hydrogens is 136 g/mol. The van der Waals surface area contributed by atoms with Crippen LogP contribution in [-0.2, 0) is 0 Å². The summed E-state index contributed by atoms with van der Waals surface area (Å²) in [6, 6.07) is 1.73. The standard InChI is InChI=1S/C9H18N2/c1-10-8-3-2-6-11(7-8)9-4-5-9/h8-10H,2-7H2,1H3. The zero-order chi connectivity index (χ0) is 7.68. The molecule has 0 radical (unpaired) electrons. The first-order valence-corrected chi connectivity index (χ1v) is 4.81. The van der Waals surface area contributed by atoms with Crippen LogP contribution in [0, 0.1) is 0 Å². The Bertz CT molecular complexity index is 132. The van der Waals surface area contributed by atoms with E-state index in [0.717, 1.165) is 12.1 Å². The van der Waals surface area contributed by atoms with E-state index >= 15 is 0 Å². The molecule has 1 atom stereocenters. The molecule has 0 aromatic carbocycles. The van der Waals surface area contributed by atoms with Gasteiger partial charge in [-0.15, -0.1) is 0 Å². The number of likely N-dealkylation sites (tertiary alicyclic amines) is 1. The summed E-state index contributed by atoms with van der Waals surface area (Å²) in [6.07, 6.45) is 5.68. The summed E-state index contributed by atoms with van der Waals surface area (Å²) in [5.74, 6) is 0. The van der Waals surface area contributed by atoms with Gasteiger partial charge in [-0.05, 0) is 39.3 Å². The summed E-state index contributed by atoms with van der Waals surface area (Å²) in [5.41, 5.74) is 0. The van der Waals surface area contributed by atoms with Crippen LogP contribution in [0.15, 0.2) is 0 Å². The van der Waals surface area contributed by atoms with Gasteiger partial charge in [0.2, 0.25) is 0 Å². The summed E-state index contributed by atoms with van der Waals surface area (Å²) >= 11 is 0. The lowest BCUT2D eigenvalue weighted by molar-refractivity contribution is 0.187. The van der Waals surface area contributed by atoms with Crippen LogP contribution in [0.5, 0.6) is 0 Å². The lowest BCUT2D eigenvalue weighted by atomic mass is 10.1. The molecule has 2 heteroatoms. The van der Waals surface area contributed by atoms with Gasteiger partial charge in [-0.25, -0.2) is 0 Å². The van der Waals surface area contributed by atoms with Crippen LogP contribution in [0.1, 0.15) is 25.7 Å². The van der Waals surface area contributed by atoms with Crippen molar-refractivity contribution in [3.05, 3.63) is 0 Å². The van der Waals surface area contributed by atoms with Gasteiger partial charge in [0, 0.05) is 18.6 Å². The predicted molar refractivity (Wildman–Crippen MR) is 46.7 cm³/mol. The van der Waals surface area contributed by atoms with E-state index in [9.17, 15) is 0 Å². The lowest BCUT2D eigenvalue weighted by Crippen LogP contribution is -2.45. The average molecular weight is 154 g/mol. The third-order valence-corrected chi connectivity index (χ3v) is 2.92. The molecule has 1 unspecified atom stereocenters. The number of hydrogen-bond donors (Lipinski definition) is 1. The van der Waals surface area contributed by atoms with Crippen LogP contribution < -0.4 is 5.32 Å². The maximum absolute atomic E-state index is 3.37. The zero-order valence-corrected chi connectivity index (χ0v) is 7.34. The molecule has 1 aliphatic heterocycles. The molecule has 2 fully saturated rings. The molecule has 2 rings (SSSR count). The zero-order valence-electron chi connectivity index (χ0n) is 7.34. The van der Waals surface area contributed by atoms with E-state index in [1.165, 1.54) is 38.8 Å². The quantitative estimate of drug-likeness (QED) is 0.634.